The summed E-state index contributed by atoms with van der Waals surface area (Å²) >= 11 is 4.92. The number of aryl methyl sites for hydroxylation is 1. The number of amides is 1. The Hall–Kier alpha value is -2.16. The molecule has 154 valence electrons. The van der Waals surface area contributed by atoms with E-state index in [-0.39, 0.29) is 17.9 Å². The highest BCUT2D eigenvalue weighted by Crippen LogP contribution is 2.45. The highest BCUT2D eigenvalue weighted by Gasteiger charge is 2.44. The molecule has 3 aromatic heterocycles. The lowest BCUT2D eigenvalue weighted by molar-refractivity contribution is -0.130. The number of carbonyl (C=O) groups excluding carboxylic acids is 1. The molecule has 30 heavy (non-hydrogen) atoms. The Labute approximate surface area is 188 Å². The topological polar surface area (TPSA) is 50.5 Å². The summed E-state index contributed by atoms with van der Waals surface area (Å²) in [5.41, 5.74) is 2.38. The van der Waals surface area contributed by atoms with Gasteiger partial charge in [-0.15, -0.1) is 22.7 Å². The number of allylic oxidation sites excluding steroid dienone is 1. The molecule has 1 fully saturated rings. The van der Waals surface area contributed by atoms with Crippen molar-refractivity contribution in [3.63, 3.8) is 0 Å². The van der Waals surface area contributed by atoms with Crippen LogP contribution in [0.25, 0.3) is 6.08 Å². The van der Waals surface area contributed by atoms with Crippen molar-refractivity contribution in [1.29, 1.82) is 0 Å². The second-order valence-corrected chi connectivity index (χ2v) is 10.4. The van der Waals surface area contributed by atoms with E-state index in [1.807, 2.05) is 17.8 Å². The first-order chi connectivity index (χ1) is 14.7. The first-order valence-electron chi connectivity index (χ1n) is 9.99. The van der Waals surface area contributed by atoms with E-state index in [1.165, 1.54) is 27.1 Å². The molecular formula is C22H22N4OS3. The van der Waals surface area contributed by atoms with Crippen molar-refractivity contribution in [2.24, 2.45) is 18.1 Å². The van der Waals surface area contributed by atoms with E-state index in [2.05, 4.69) is 46.1 Å². The molecule has 8 heteroatoms. The molecule has 1 saturated carbocycles. The van der Waals surface area contributed by atoms with Gasteiger partial charge in [0, 0.05) is 35.1 Å². The van der Waals surface area contributed by atoms with Gasteiger partial charge in [-0.1, -0.05) is 23.9 Å². The van der Waals surface area contributed by atoms with Crippen molar-refractivity contribution in [3.8, 4) is 0 Å². The number of thiophene rings is 2. The van der Waals surface area contributed by atoms with E-state index in [1.54, 1.807) is 33.9 Å². The maximum Gasteiger partial charge on any atom is 0.253 e. The fourth-order valence-corrected chi connectivity index (χ4v) is 6.52. The van der Waals surface area contributed by atoms with Crippen LogP contribution in [0.1, 0.15) is 35.1 Å². The molecule has 1 aliphatic heterocycles. The molecule has 0 aromatic carbocycles. The quantitative estimate of drug-likeness (QED) is 0.481. The minimum absolute atomic E-state index is 0.00140. The summed E-state index contributed by atoms with van der Waals surface area (Å²) in [7, 11) is 1.94. The third-order valence-electron chi connectivity index (χ3n) is 5.55. The number of hydrogen-bond donors (Lipinski definition) is 0. The van der Waals surface area contributed by atoms with Crippen LogP contribution in [0.2, 0.25) is 0 Å². The first-order valence-corrected chi connectivity index (χ1v) is 12.7. The average molecular weight is 455 g/mol. The van der Waals surface area contributed by atoms with Gasteiger partial charge in [0.05, 0.1) is 17.5 Å². The molecule has 2 unspecified atom stereocenters. The zero-order chi connectivity index (χ0) is 20.5. The Morgan fingerprint density at radius 1 is 1.30 bits per heavy atom. The fourth-order valence-electron chi connectivity index (χ4n) is 4.17. The predicted octanol–water partition coefficient (Wildman–Crippen LogP) is 5.46. The monoisotopic (exact) mass is 454 g/mol. The Morgan fingerprint density at radius 3 is 2.90 bits per heavy atom. The summed E-state index contributed by atoms with van der Waals surface area (Å²) in [6.07, 6.45) is 9.14. The highest BCUT2D eigenvalue weighted by atomic mass is 32.2. The van der Waals surface area contributed by atoms with Crippen LogP contribution in [-0.4, -0.2) is 31.9 Å². The summed E-state index contributed by atoms with van der Waals surface area (Å²) in [6.45, 7) is 0. The number of aromatic nitrogens is 2. The van der Waals surface area contributed by atoms with Crippen molar-refractivity contribution in [2.75, 3.05) is 5.75 Å². The van der Waals surface area contributed by atoms with E-state index in [9.17, 15) is 4.79 Å². The summed E-state index contributed by atoms with van der Waals surface area (Å²) in [6, 6.07) is 8.42. The van der Waals surface area contributed by atoms with Gasteiger partial charge < -0.3 is 4.57 Å². The lowest BCUT2D eigenvalue weighted by Gasteiger charge is -2.28. The van der Waals surface area contributed by atoms with Gasteiger partial charge in [-0.3, -0.25) is 4.79 Å². The number of rotatable bonds is 5. The van der Waals surface area contributed by atoms with Crippen LogP contribution in [-0.2, 0) is 11.8 Å². The van der Waals surface area contributed by atoms with Crippen molar-refractivity contribution in [2.45, 2.75) is 30.5 Å². The Kier molecular flexibility index (Phi) is 5.62. The second-order valence-electron chi connectivity index (χ2n) is 7.48. The number of imidazole rings is 1. The van der Waals surface area contributed by atoms with E-state index in [0.717, 1.165) is 30.1 Å². The van der Waals surface area contributed by atoms with E-state index in [0.29, 0.717) is 5.75 Å². The van der Waals surface area contributed by atoms with Gasteiger partial charge >= 0.3 is 0 Å². The fraction of sp³-hybridized carbons (Fsp3) is 0.318. The van der Waals surface area contributed by atoms with Crippen LogP contribution in [0.15, 0.2) is 63.3 Å². The normalized spacial score (nSPS) is 22.4. The molecule has 0 spiro atoms. The summed E-state index contributed by atoms with van der Waals surface area (Å²) in [5, 5.41) is 11.7. The van der Waals surface area contributed by atoms with Crippen molar-refractivity contribution < 1.29 is 4.79 Å². The third kappa shape index (κ3) is 3.79. The van der Waals surface area contributed by atoms with Gasteiger partial charge in [-0.2, -0.15) is 5.10 Å². The summed E-state index contributed by atoms with van der Waals surface area (Å²) in [5.74, 6) is 0.643. The van der Waals surface area contributed by atoms with Gasteiger partial charge in [0.15, 0.2) is 5.16 Å². The molecule has 0 saturated heterocycles. The number of hydrogen-bond acceptors (Lipinski definition) is 6. The maximum atomic E-state index is 13.3. The third-order valence-corrected chi connectivity index (χ3v) is 8.36. The van der Waals surface area contributed by atoms with Gasteiger partial charge in [0.2, 0.25) is 0 Å². The van der Waals surface area contributed by atoms with Crippen LogP contribution in [0.3, 0.4) is 0 Å². The molecule has 4 heterocycles. The number of carbonyl (C=O) groups is 1. The SMILES string of the molecule is Cn1ccnc1SCC(=O)N1N=C2/C(=C/c3cccs3)CCCC2C1c1cccs1. The lowest BCUT2D eigenvalue weighted by Crippen LogP contribution is -2.32. The molecule has 5 rings (SSSR count). The van der Waals surface area contributed by atoms with Gasteiger partial charge in [0.1, 0.15) is 0 Å². The van der Waals surface area contributed by atoms with Crippen LogP contribution in [0.4, 0.5) is 0 Å². The Balaban J connectivity index is 1.45. The molecule has 1 aliphatic carbocycles. The molecule has 2 atom stereocenters. The molecule has 5 nitrogen and oxygen atoms in total. The maximum absolute atomic E-state index is 13.3. The van der Waals surface area contributed by atoms with Gasteiger partial charge in [-0.25, -0.2) is 9.99 Å². The van der Waals surface area contributed by atoms with Gasteiger partial charge in [0.25, 0.3) is 5.91 Å². The summed E-state index contributed by atoms with van der Waals surface area (Å²) in [4.78, 5) is 20.1. The molecule has 1 amide bonds. The Morgan fingerprint density at radius 2 is 2.17 bits per heavy atom. The standard InChI is InChI=1S/C22H22N4OS3/c1-25-10-9-23-22(25)30-14-19(27)26-21(18-8-4-12-29-18)17-7-2-5-15(20(17)24-26)13-16-6-3-11-28-16/h3-4,6,8-13,17,21H,2,5,7,14H2,1H3/b15-13+. The zero-order valence-corrected chi connectivity index (χ0v) is 19.1. The molecule has 0 bridgehead atoms. The molecule has 0 radical (unpaired) electrons. The largest absolute Gasteiger partial charge is 0.329 e. The Bertz CT molecular complexity index is 1080. The molecule has 2 aliphatic rings. The van der Waals surface area contributed by atoms with Crippen LogP contribution in [0, 0.1) is 5.92 Å². The summed E-state index contributed by atoms with van der Waals surface area (Å²) < 4.78 is 1.94. The zero-order valence-electron chi connectivity index (χ0n) is 16.6. The van der Waals surface area contributed by atoms with Crippen LogP contribution in [0.5, 0.6) is 0 Å². The van der Waals surface area contributed by atoms with Crippen molar-refractivity contribution in [3.05, 3.63) is 62.7 Å². The number of nitrogens with zero attached hydrogens (tertiary/aromatic N) is 4. The van der Waals surface area contributed by atoms with Gasteiger partial charge in [-0.05, 0) is 53.8 Å². The van der Waals surface area contributed by atoms with E-state index in [4.69, 9.17) is 5.10 Å². The first kappa shape index (κ1) is 19.8. The minimum Gasteiger partial charge on any atom is -0.329 e. The van der Waals surface area contributed by atoms with E-state index < -0.39 is 0 Å². The van der Waals surface area contributed by atoms with Crippen LogP contribution >= 0.6 is 34.4 Å². The van der Waals surface area contributed by atoms with Crippen molar-refractivity contribution in [1.82, 2.24) is 14.6 Å². The van der Waals surface area contributed by atoms with Crippen LogP contribution < -0.4 is 0 Å². The van der Waals surface area contributed by atoms with Crippen molar-refractivity contribution >= 4 is 52.1 Å². The number of fused-ring (bicyclic) bond motifs is 1. The lowest BCUT2D eigenvalue weighted by atomic mass is 9.79. The average Bonchev–Trinajstić information content (AvgIpc) is 3.53. The smallest absolute Gasteiger partial charge is 0.253 e. The predicted molar refractivity (Wildman–Crippen MR) is 125 cm³/mol. The number of thioether (sulfide) groups is 1. The molecule has 3 aromatic rings. The molecular weight excluding hydrogens is 432 g/mol. The highest BCUT2D eigenvalue weighted by molar-refractivity contribution is 7.99. The minimum atomic E-state index is 0.00140. The molecule has 0 N–H and O–H groups in total. The number of hydrazone groups is 1. The van der Waals surface area contributed by atoms with E-state index >= 15 is 0 Å². The second kappa shape index (κ2) is 8.53.